The lowest BCUT2D eigenvalue weighted by molar-refractivity contribution is 0.417. The van der Waals surface area contributed by atoms with Gasteiger partial charge in [0.2, 0.25) is 5.95 Å². The van der Waals surface area contributed by atoms with Gasteiger partial charge in [0.15, 0.2) is 5.82 Å². The van der Waals surface area contributed by atoms with Gasteiger partial charge in [-0.15, -0.1) is 5.10 Å². The monoisotopic (exact) mass is 335 g/mol. The van der Waals surface area contributed by atoms with E-state index in [0.29, 0.717) is 5.95 Å². The molecule has 128 valence electrons. The highest BCUT2D eigenvalue weighted by molar-refractivity contribution is 5.64. The Morgan fingerprint density at radius 2 is 1.96 bits per heavy atom. The van der Waals surface area contributed by atoms with E-state index in [1.165, 1.54) is 5.56 Å². The minimum atomic E-state index is 0.424. The summed E-state index contributed by atoms with van der Waals surface area (Å²) < 4.78 is 5.35. The minimum Gasteiger partial charge on any atom is -0.495 e. The summed E-state index contributed by atoms with van der Waals surface area (Å²) in [5.41, 5.74) is 3.07. The van der Waals surface area contributed by atoms with Crippen LogP contribution in [0.15, 0.2) is 54.7 Å². The molecular weight excluding hydrogens is 314 g/mol. The molecule has 0 amide bonds. The maximum Gasteiger partial charge on any atom is 0.249 e. The molecule has 0 aliphatic carbocycles. The van der Waals surface area contributed by atoms with Crippen molar-refractivity contribution in [3.05, 3.63) is 60.3 Å². The van der Waals surface area contributed by atoms with Crippen molar-refractivity contribution in [3.8, 4) is 5.75 Å². The first kappa shape index (κ1) is 16.7. The molecule has 25 heavy (non-hydrogen) atoms. The molecule has 1 aromatic heterocycles. The molecule has 6 heteroatoms. The lowest BCUT2D eigenvalue weighted by Gasteiger charge is -2.22. The average molecular weight is 335 g/mol. The van der Waals surface area contributed by atoms with E-state index in [1.807, 2.05) is 30.3 Å². The minimum absolute atomic E-state index is 0.424. The molecule has 2 aromatic carbocycles. The van der Waals surface area contributed by atoms with Gasteiger partial charge < -0.3 is 15.0 Å². The van der Waals surface area contributed by atoms with Crippen LogP contribution in [0.25, 0.3) is 0 Å². The van der Waals surface area contributed by atoms with Crippen LogP contribution in [-0.4, -0.2) is 28.8 Å². The van der Waals surface area contributed by atoms with Crippen LogP contribution in [0.3, 0.4) is 0 Å². The second-order valence-corrected chi connectivity index (χ2v) is 5.55. The van der Waals surface area contributed by atoms with Crippen molar-refractivity contribution < 1.29 is 4.74 Å². The number of hydrogen-bond acceptors (Lipinski definition) is 6. The van der Waals surface area contributed by atoms with Crippen LogP contribution >= 0.6 is 0 Å². The largest absolute Gasteiger partial charge is 0.495 e. The molecule has 3 aromatic rings. The van der Waals surface area contributed by atoms with Crippen LogP contribution < -0.4 is 15.0 Å². The Balaban J connectivity index is 1.90. The summed E-state index contributed by atoms with van der Waals surface area (Å²) in [6.45, 7) is 4.93. The van der Waals surface area contributed by atoms with Gasteiger partial charge in [-0.2, -0.15) is 10.1 Å². The molecular formula is C19H21N5O. The summed E-state index contributed by atoms with van der Waals surface area (Å²) in [5, 5.41) is 11.3. The zero-order valence-electron chi connectivity index (χ0n) is 14.6. The van der Waals surface area contributed by atoms with Crippen molar-refractivity contribution in [3.63, 3.8) is 0 Å². The van der Waals surface area contributed by atoms with Gasteiger partial charge in [0.25, 0.3) is 0 Å². The molecule has 6 nitrogen and oxygen atoms in total. The van der Waals surface area contributed by atoms with Crippen molar-refractivity contribution in [2.45, 2.75) is 13.8 Å². The predicted molar refractivity (Wildman–Crippen MR) is 100.0 cm³/mol. The molecule has 0 fully saturated rings. The summed E-state index contributed by atoms with van der Waals surface area (Å²) in [5.74, 6) is 1.89. The van der Waals surface area contributed by atoms with Gasteiger partial charge in [0.1, 0.15) is 5.75 Å². The van der Waals surface area contributed by atoms with Gasteiger partial charge in [-0.1, -0.05) is 24.3 Å². The Morgan fingerprint density at radius 1 is 1.12 bits per heavy atom. The fourth-order valence-corrected chi connectivity index (χ4v) is 2.62. The van der Waals surface area contributed by atoms with Crippen LogP contribution in [0.5, 0.6) is 5.75 Å². The van der Waals surface area contributed by atoms with E-state index in [9.17, 15) is 0 Å². The number of hydrogen-bond donors (Lipinski definition) is 1. The van der Waals surface area contributed by atoms with Gasteiger partial charge in [0.05, 0.1) is 19.0 Å². The van der Waals surface area contributed by atoms with Crippen molar-refractivity contribution in [1.29, 1.82) is 0 Å². The Hall–Kier alpha value is -3.15. The molecule has 0 bridgehead atoms. The number of anilines is 4. The second kappa shape index (κ2) is 7.61. The molecule has 0 saturated heterocycles. The number of para-hydroxylation sites is 2. The zero-order valence-corrected chi connectivity index (χ0v) is 14.6. The first-order valence-electron chi connectivity index (χ1n) is 8.15. The molecule has 1 heterocycles. The normalized spacial score (nSPS) is 10.4. The highest BCUT2D eigenvalue weighted by Crippen LogP contribution is 2.27. The molecule has 0 aliphatic heterocycles. The predicted octanol–water partition coefficient (Wildman–Crippen LogP) is 4.09. The van der Waals surface area contributed by atoms with Gasteiger partial charge in [-0.05, 0) is 43.7 Å². The maximum atomic E-state index is 5.35. The topological polar surface area (TPSA) is 63.2 Å². The van der Waals surface area contributed by atoms with Crippen LogP contribution in [-0.2, 0) is 0 Å². The molecule has 0 atom stereocenters. The SMILES string of the molecule is CCN(c1cccc(C)c1)c1cnnc(Nc2ccccc2OC)n1. The second-order valence-electron chi connectivity index (χ2n) is 5.55. The molecule has 0 radical (unpaired) electrons. The number of nitrogens with one attached hydrogen (secondary N) is 1. The van der Waals surface area contributed by atoms with Crippen molar-refractivity contribution in [2.24, 2.45) is 0 Å². The third-order valence-electron chi connectivity index (χ3n) is 3.81. The Labute approximate surface area is 147 Å². The van der Waals surface area contributed by atoms with Gasteiger partial charge in [-0.25, -0.2) is 0 Å². The molecule has 0 spiro atoms. The summed E-state index contributed by atoms with van der Waals surface area (Å²) in [6.07, 6.45) is 1.67. The fourth-order valence-electron chi connectivity index (χ4n) is 2.62. The third-order valence-corrected chi connectivity index (χ3v) is 3.81. The lowest BCUT2D eigenvalue weighted by Crippen LogP contribution is -2.18. The van der Waals surface area contributed by atoms with E-state index >= 15 is 0 Å². The molecule has 3 rings (SSSR count). The standard InChI is InChI=1S/C19H21N5O/c1-4-24(15-9-7-8-14(2)12-15)18-13-20-23-19(22-18)21-16-10-5-6-11-17(16)25-3/h5-13H,4H2,1-3H3,(H,21,22,23). The molecule has 0 unspecified atom stereocenters. The number of methoxy groups -OCH3 is 1. The molecule has 0 saturated carbocycles. The highest BCUT2D eigenvalue weighted by Gasteiger charge is 2.12. The van der Waals surface area contributed by atoms with E-state index in [4.69, 9.17) is 4.74 Å². The number of aryl methyl sites for hydroxylation is 1. The molecule has 1 N–H and O–H groups in total. The van der Waals surface area contributed by atoms with Gasteiger partial charge >= 0.3 is 0 Å². The van der Waals surface area contributed by atoms with E-state index in [-0.39, 0.29) is 0 Å². The summed E-state index contributed by atoms with van der Waals surface area (Å²) in [4.78, 5) is 6.70. The van der Waals surface area contributed by atoms with E-state index in [1.54, 1.807) is 13.3 Å². The smallest absolute Gasteiger partial charge is 0.249 e. The maximum absolute atomic E-state index is 5.35. The fraction of sp³-hybridized carbons (Fsp3) is 0.211. The zero-order chi connectivity index (χ0) is 17.6. The number of benzene rings is 2. The number of nitrogens with zero attached hydrogens (tertiary/aromatic N) is 4. The van der Waals surface area contributed by atoms with Crippen LogP contribution in [0.2, 0.25) is 0 Å². The van der Waals surface area contributed by atoms with Gasteiger partial charge in [-0.3, -0.25) is 0 Å². The Kier molecular flexibility index (Phi) is 5.09. The van der Waals surface area contributed by atoms with Gasteiger partial charge in [0, 0.05) is 12.2 Å². The first-order chi connectivity index (χ1) is 12.2. The number of rotatable bonds is 6. The first-order valence-corrected chi connectivity index (χ1v) is 8.15. The summed E-state index contributed by atoms with van der Waals surface area (Å²) >= 11 is 0. The van der Waals surface area contributed by atoms with E-state index in [0.717, 1.165) is 29.5 Å². The average Bonchev–Trinajstić information content (AvgIpc) is 2.63. The van der Waals surface area contributed by atoms with Crippen molar-refractivity contribution >= 4 is 23.1 Å². The summed E-state index contributed by atoms with van der Waals surface area (Å²) in [7, 11) is 1.63. The van der Waals surface area contributed by atoms with Crippen molar-refractivity contribution in [1.82, 2.24) is 15.2 Å². The Morgan fingerprint density at radius 3 is 2.72 bits per heavy atom. The quantitative estimate of drug-likeness (QED) is 0.732. The Bertz CT molecular complexity index is 852. The molecule has 0 aliphatic rings. The third kappa shape index (κ3) is 3.85. The number of aromatic nitrogens is 3. The number of ether oxygens (including phenoxy) is 1. The van der Waals surface area contributed by atoms with Crippen LogP contribution in [0.1, 0.15) is 12.5 Å². The van der Waals surface area contributed by atoms with Crippen molar-refractivity contribution in [2.75, 3.05) is 23.9 Å². The summed E-state index contributed by atoms with van der Waals surface area (Å²) in [6, 6.07) is 15.9. The van der Waals surface area contributed by atoms with Crippen LogP contribution in [0.4, 0.5) is 23.1 Å². The lowest BCUT2D eigenvalue weighted by atomic mass is 10.2. The highest BCUT2D eigenvalue weighted by atomic mass is 16.5. The van der Waals surface area contributed by atoms with Crippen LogP contribution in [0, 0.1) is 6.92 Å². The van der Waals surface area contributed by atoms with E-state index < -0.39 is 0 Å². The van der Waals surface area contributed by atoms with E-state index in [2.05, 4.69) is 57.4 Å².